The van der Waals surface area contributed by atoms with E-state index in [1.54, 1.807) is 36.9 Å². The van der Waals surface area contributed by atoms with Crippen LogP contribution in [0.3, 0.4) is 0 Å². The van der Waals surface area contributed by atoms with Crippen molar-refractivity contribution in [2.45, 2.75) is 20.1 Å². The lowest BCUT2D eigenvalue weighted by atomic mass is 10.2. The molecule has 2 aromatic carbocycles. The highest BCUT2D eigenvalue weighted by Crippen LogP contribution is 2.20. The molecule has 0 amide bonds. The number of hydrogen-bond acceptors (Lipinski definition) is 6. The number of halogens is 1. The monoisotopic (exact) mass is 532 g/mol. The molecule has 0 aliphatic heterocycles. The van der Waals surface area contributed by atoms with Crippen molar-refractivity contribution in [2.24, 2.45) is 0 Å². The number of rotatable bonds is 9. The Labute approximate surface area is 213 Å². The highest BCUT2D eigenvalue weighted by atomic mass is 79.9. The molecule has 35 heavy (non-hydrogen) atoms. The van der Waals surface area contributed by atoms with Crippen molar-refractivity contribution in [2.75, 3.05) is 5.33 Å². The minimum absolute atomic E-state index is 0.0135. The summed E-state index contributed by atoms with van der Waals surface area (Å²) in [5, 5.41) is 0.276. The van der Waals surface area contributed by atoms with Gasteiger partial charge in [0.25, 0.3) is 0 Å². The number of pyridine rings is 2. The van der Waals surface area contributed by atoms with Crippen molar-refractivity contribution in [1.29, 1.82) is 0 Å². The number of carbonyl (C=O) groups excluding carboxylic acids is 2. The van der Waals surface area contributed by atoms with Gasteiger partial charge in [-0.3, -0.25) is 19.6 Å². The first-order chi connectivity index (χ1) is 17.1. The number of Topliss-reactive ketones (excluding diaryl/α,β-unsaturated/α-hetero) is 2. The van der Waals surface area contributed by atoms with Crippen LogP contribution in [0.2, 0.25) is 0 Å². The van der Waals surface area contributed by atoms with Gasteiger partial charge in [0.1, 0.15) is 24.7 Å². The number of hydrogen-bond donors (Lipinski definition) is 0. The average Bonchev–Trinajstić information content (AvgIpc) is 2.92. The quantitative estimate of drug-likeness (QED) is 0.191. The summed E-state index contributed by atoms with van der Waals surface area (Å²) < 4.78 is 11.2. The molecule has 178 valence electrons. The van der Waals surface area contributed by atoms with E-state index in [0.29, 0.717) is 35.8 Å². The van der Waals surface area contributed by atoms with Gasteiger partial charge >= 0.3 is 0 Å². The second-order valence-electron chi connectivity index (χ2n) is 7.41. The fraction of sp³-hybridized carbons (Fsp3) is 0.143. The van der Waals surface area contributed by atoms with Crippen molar-refractivity contribution in [1.82, 2.24) is 9.97 Å². The minimum Gasteiger partial charge on any atom is -0.487 e. The van der Waals surface area contributed by atoms with Crippen molar-refractivity contribution >= 4 is 27.5 Å². The Bertz CT molecular complexity index is 1230. The van der Waals surface area contributed by atoms with Gasteiger partial charge in [-0.1, -0.05) is 76.6 Å². The predicted octanol–water partition coefficient (Wildman–Crippen LogP) is 6.10. The first-order valence-corrected chi connectivity index (χ1v) is 12.0. The van der Waals surface area contributed by atoms with Crippen LogP contribution in [0.4, 0.5) is 0 Å². The number of ether oxygens (including phenoxy) is 2. The van der Waals surface area contributed by atoms with E-state index in [9.17, 15) is 9.59 Å². The minimum atomic E-state index is -0.0181. The summed E-state index contributed by atoms with van der Waals surface area (Å²) >= 11 is 3.16. The Kier molecular flexibility index (Phi) is 10.1. The number of nitrogens with zero attached hydrogens (tertiary/aromatic N) is 2. The van der Waals surface area contributed by atoms with E-state index in [-0.39, 0.29) is 16.9 Å². The summed E-state index contributed by atoms with van der Waals surface area (Å²) in [5.41, 5.74) is 3.23. The summed E-state index contributed by atoms with van der Waals surface area (Å²) in [7, 11) is 0. The third kappa shape index (κ3) is 8.15. The fourth-order valence-corrected chi connectivity index (χ4v) is 3.36. The Morgan fingerprint density at radius 2 is 1.17 bits per heavy atom. The molecule has 7 heteroatoms. The van der Waals surface area contributed by atoms with Crippen LogP contribution in [0.15, 0.2) is 97.6 Å². The zero-order valence-corrected chi connectivity index (χ0v) is 20.9. The molecule has 2 heterocycles. The Morgan fingerprint density at radius 1 is 0.714 bits per heavy atom. The first-order valence-electron chi connectivity index (χ1n) is 10.9. The molecule has 6 nitrogen and oxygen atoms in total. The van der Waals surface area contributed by atoms with Crippen molar-refractivity contribution in [3.8, 4) is 11.5 Å². The van der Waals surface area contributed by atoms with E-state index in [1.807, 2.05) is 60.7 Å². The van der Waals surface area contributed by atoms with Crippen LogP contribution in [0.25, 0.3) is 0 Å². The predicted molar refractivity (Wildman–Crippen MR) is 138 cm³/mol. The molecule has 0 aliphatic carbocycles. The lowest BCUT2D eigenvalue weighted by Gasteiger charge is -2.09. The Morgan fingerprint density at radius 3 is 1.63 bits per heavy atom. The van der Waals surface area contributed by atoms with Crippen LogP contribution in [0.5, 0.6) is 11.5 Å². The lowest BCUT2D eigenvalue weighted by molar-refractivity contribution is 0.100. The summed E-state index contributed by atoms with van der Waals surface area (Å²) in [6.07, 6.45) is 6.32. The standard InChI is InChI=1S/C14H12BrNO2.C14H13NO2/c15-8-13(17)12-6-7-16-9-14(12)18-10-11-4-2-1-3-5-11;1-11(16)13-7-8-15-9-14(13)17-10-12-5-3-2-4-6-12/h1-7,9H,8,10H2;2-9H,10H2,1H3. The Balaban J connectivity index is 0.000000196. The molecular formula is C28H25BrN2O4. The molecule has 4 rings (SSSR count). The summed E-state index contributed by atoms with van der Waals surface area (Å²) in [6.45, 7) is 2.38. The fourth-order valence-electron chi connectivity index (χ4n) is 3.05. The number of ketones is 2. The second-order valence-corrected chi connectivity index (χ2v) is 7.97. The van der Waals surface area contributed by atoms with E-state index in [0.717, 1.165) is 11.1 Å². The highest BCUT2D eigenvalue weighted by molar-refractivity contribution is 9.09. The van der Waals surface area contributed by atoms with Gasteiger partial charge in [-0.05, 0) is 30.2 Å². The third-order valence-electron chi connectivity index (χ3n) is 4.84. The number of benzene rings is 2. The van der Waals surface area contributed by atoms with Gasteiger partial charge in [-0.2, -0.15) is 0 Å². The van der Waals surface area contributed by atoms with Crippen LogP contribution in [-0.4, -0.2) is 26.9 Å². The van der Waals surface area contributed by atoms with E-state index in [2.05, 4.69) is 25.9 Å². The maximum atomic E-state index is 11.7. The average molecular weight is 533 g/mol. The van der Waals surface area contributed by atoms with Crippen LogP contribution < -0.4 is 9.47 Å². The topological polar surface area (TPSA) is 78.4 Å². The summed E-state index contributed by atoms with van der Waals surface area (Å²) in [4.78, 5) is 31.0. The van der Waals surface area contributed by atoms with Gasteiger partial charge < -0.3 is 9.47 Å². The number of aromatic nitrogens is 2. The number of alkyl halides is 1. The van der Waals surface area contributed by atoms with Gasteiger partial charge in [0.2, 0.25) is 0 Å². The highest BCUT2D eigenvalue weighted by Gasteiger charge is 2.11. The third-order valence-corrected chi connectivity index (χ3v) is 5.35. The molecule has 4 aromatic rings. The first kappa shape index (κ1) is 25.8. The smallest absolute Gasteiger partial charge is 0.177 e. The molecule has 0 aliphatic rings. The van der Waals surface area contributed by atoms with E-state index < -0.39 is 0 Å². The molecule has 0 unspecified atom stereocenters. The molecule has 0 N–H and O–H groups in total. The Hall–Kier alpha value is -3.84. The maximum absolute atomic E-state index is 11.7. The SMILES string of the molecule is CC(=O)c1ccncc1OCc1ccccc1.O=C(CBr)c1ccncc1OCc1ccccc1. The maximum Gasteiger partial charge on any atom is 0.177 e. The van der Waals surface area contributed by atoms with Gasteiger partial charge in [0.05, 0.1) is 28.9 Å². The normalized spacial score (nSPS) is 10.0. The van der Waals surface area contributed by atoms with Gasteiger partial charge in [-0.25, -0.2) is 0 Å². The van der Waals surface area contributed by atoms with Crippen molar-refractivity contribution in [3.63, 3.8) is 0 Å². The van der Waals surface area contributed by atoms with Crippen LogP contribution >= 0.6 is 15.9 Å². The molecule has 0 saturated carbocycles. The lowest BCUT2D eigenvalue weighted by Crippen LogP contribution is -2.05. The molecule has 0 fully saturated rings. The van der Waals surface area contributed by atoms with Crippen LogP contribution in [0, 0.1) is 0 Å². The molecule has 0 saturated heterocycles. The van der Waals surface area contributed by atoms with E-state index in [1.165, 1.54) is 6.92 Å². The molecule has 0 bridgehead atoms. The van der Waals surface area contributed by atoms with Crippen LogP contribution in [0.1, 0.15) is 38.8 Å². The zero-order chi connectivity index (χ0) is 24.9. The molecule has 0 spiro atoms. The van der Waals surface area contributed by atoms with Crippen LogP contribution in [-0.2, 0) is 13.2 Å². The zero-order valence-electron chi connectivity index (χ0n) is 19.3. The van der Waals surface area contributed by atoms with Crippen molar-refractivity contribution in [3.05, 3.63) is 120 Å². The van der Waals surface area contributed by atoms with Gasteiger partial charge in [-0.15, -0.1) is 0 Å². The molecule has 0 radical (unpaired) electrons. The molecular weight excluding hydrogens is 508 g/mol. The number of carbonyl (C=O) groups is 2. The molecule has 0 atom stereocenters. The van der Waals surface area contributed by atoms with E-state index in [4.69, 9.17) is 9.47 Å². The van der Waals surface area contributed by atoms with Gasteiger partial charge in [0.15, 0.2) is 11.6 Å². The van der Waals surface area contributed by atoms with Crippen molar-refractivity contribution < 1.29 is 19.1 Å². The second kappa shape index (κ2) is 13.8. The largest absolute Gasteiger partial charge is 0.487 e. The molecule has 2 aromatic heterocycles. The van der Waals surface area contributed by atoms with E-state index >= 15 is 0 Å². The summed E-state index contributed by atoms with van der Waals surface area (Å²) in [6, 6.07) is 23.0. The van der Waals surface area contributed by atoms with Gasteiger partial charge in [0, 0.05) is 12.4 Å². The summed E-state index contributed by atoms with van der Waals surface area (Å²) in [5.74, 6) is 1.02.